The van der Waals surface area contributed by atoms with Crippen molar-refractivity contribution in [2.75, 3.05) is 6.61 Å². The van der Waals surface area contributed by atoms with Gasteiger partial charge in [-0.05, 0) is 71.6 Å². The molecule has 0 spiro atoms. The SMILES string of the molecule is CC1(COc2c3ccccc3cc3ccccc23)CC2CC1C1C3C=CC(C3)C21. The average Bonchev–Trinajstić information content (AvgIpc) is 3.50. The molecule has 7 rings (SSSR count). The predicted octanol–water partition coefficient (Wildman–Crippen LogP) is 6.86. The van der Waals surface area contributed by atoms with Gasteiger partial charge in [0.1, 0.15) is 5.75 Å². The largest absolute Gasteiger partial charge is 0.492 e. The van der Waals surface area contributed by atoms with Crippen LogP contribution in [0.15, 0.2) is 66.7 Å². The summed E-state index contributed by atoms with van der Waals surface area (Å²) >= 11 is 0. The molecular formula is C28H28O. The summed E-state index contributed by atoms with van der Waals surface area (Å²) in [5.74, 6) is 6.54. The molecular weight excluding hydrogens is 352 g/mol. The van der Waals surface area contributed by atoms with Crippen molar-refractivity contribution in [3.63, 3.8) is 0 Å². The molecule has 3 aromatic carbocycles. The lowest BCUT2D eigenvalue weighted by Crippen LogP contribution is -2.40. The molecule has 3 saturated carbocycles. The van der Waals surface area contributed by atoms with Crippen LogP contribution in [0.1, 0.15) is 26.2 Å². The van der Waals surface area contributed by atoms with Crippen LogP contribution >= 0.6 is 0 Å². The van der Waals surface area contributed by atoms with Crippen molar-refractivity contribution in [1.82, 2.24) is 0 Å². The third kappa shape index (κ3) is 2.17. The van der Waals surface area contributed by atoms with E-state index < -0.39 is 0 Å². The van der Waals surface area contributed by atoms with E-state index in [1.165, 1.54) is 40.8 Å². The first-order chi connectivity index (χ1) is 14.2. The molecule has 0 N–H and O–H groups in total. The van der Waals surface area contributed by atoms with Crippen LogP contribution in [-0.4, -0.2) is 6.61 Å². The lowest BCUT2D eigenvalue weighted by Gasteiger charge is -2.43. The van der Waals surface area contributed by atoms with Crippen LogP contribution in [-0.2, 0) is 0 Å². The summed E-state index contributed by atoms with van der Waals surface area (Å²) in [7, 11) is 0. The Morgan fingerprint density at radius 2 is 1.52 bits per heavy atom. The molecule has 0 amide bonds. The minimum absolute atomic E-state index is 0.322. The monoisotopic (exact) mass is 380 g/mol. The van der Waals surface area contributed by atoms with Gasteiger partial charge in [0.05, 0.1) is 6.61 Å². The molecule has 0 heterocycles. The lowest BCUT2D eigenvalue weighted by atomic mass is 9.63. The average molecular weight is 381 g/mol. The Balaban J connectivity index is 1.25. The van der Waals surface area contributed by atoms with Gasteiger partial charge in [-0.15, -0.1) is 0 Å². The van der Waals surface area contributed by atoms with Crippen molar-refractivity contribution < 1.29 is 4.74 Å². The molecule has 146 valence electrons. The van der Waals surface area contributed by atoms with Crippen molar-refractivity contribution in [3.05, 3.63) is 66.7 Å². The van der Waals surface area contributed by atoms with Gasteiger partial charge in [0.25, 0.3) is 0 Å². The van der Waals surface area contributed by atoms with Crippen LogP contribution in [0.4, 0.5) is 0 Å². The van der Waals surface area contributed by atoms with Crippen molar-refractivity contribution in [2.45, 2.75) is 26.2 Å². The molecule has 29 heavy (non-hydrogen) atoms. The smallest absolute Gasteiger partial charge is 0.134 e. The fourth-order valence-corrected chi connectivity index (χ4v) is 8.02. The number of ether oxygens (including phenoxy) is 1. The highest BCUT2D eigenvalue weighted by atomic mass is 16.5. The van der Waals surface area contributed by atoms with Gasteiger partial charge in [0.15, 0.2) is 0 Å². The van der Waals surface area contributed by atoms with Gasteiger partial charge in [-0.2, -0.15) is 0 Å². The fourth-order valence-electron chi connectivity index (χ4n) is 8.02. The first kappa shape index (κ1) is 16.5. The van der Waals surface area contributed by atoms with Crippen LogP contribution in [0.3, 0.4) is 0 Å². The first-order valence-electron chi connectivity index (χ1n) is 11.4. The third-order valence-corrected chi connectivity index (χ3v) is 9.04. The predicted molar refractivity (Wildman–Crippen MR) is 119 cm³/mol. The second kappa shape index (κ2) is 5.65. The second-order valence-electron chi connectivity index (χ2n) is 10.5. The Bertz CT molecular complexity index is 1110. The van der Waals surface area contributed by atoms with E-state index in [9.17, 15) is 0 Å². The van der Waals surface area contributed by atoms with Gasteiger partial charge in [0.2, 0.25) is 0 Å². The molecule has 7 unspecified atom stereocenters. The van der Waals surface area contributed by atoms with Crippen LogP contribution in [0.5, 0.6) is 5.75 Å². The number of benzene rings is 3. The summed E-state index contributed by atoms with van der Waals surface area (Å²) in [5.41, 5.74) is 0.322. The van der Waals surface area contributed by atoms with Crippen molar-refractivity contribution in [1.29, 1.82) is 0 Å². The van der Waals surface area contributed by atoms with Crippen molar-refractivity contribution >= 4 is 21.5 Å². The molecule has 0 aromatic heterocycles. The minimum Gasteiger partial charge on any atom is -0.492 e. The van der Waals surface area contributed by atoms with Gasteiger partial charge < -0.3 is 4.74 Å². The number of rotatable bonds is 3. The maximum absolute atomic E-state index is 6.78. The van der Waals surface area contributed by atoms with Crippen molar-refractivity contribution in [3.8, 4) is 5.75 Å². The Labute approximate surface area is 172 Å². The lowest BCUT2D eigenvalue weighted by molar-refractivity contribution is 0.0326. The van der Waals surface area contributed by atoms with E-state index in [1.807, 2.05) is 0 Å². The van der Waals surface area contributed by atoms with E-state index >= 15 is 0 Å². The summed E-state index contributed by atoms with van der Waals surface area (Å²) in [4.78, 5) is 0. The Morgan fingerprint density at radius 1 is 0.862 bits per heavy atom. The Kier molecular flexibility index (Phi) is 3.22. The normalized spacial score (nSPS) is 38.9. The van der Waals surface area contributed by atoms with Crippen LogP contribution in [0.25, 0.3) is 21.5 Å². The molecule has 1 heteroatoms. The maximum atomic E-state index is 6.78. The van der Waals surface area contributed by atoms with E-state index in [0.717, 1.165) is 47.9 Å². The zero-order chi connectivity index (χ0) is 19.2. The summed E-state index contributed by atoms with van der Waals surface area (Å²) in [6.45, 7) is 3.38. The van der Waals surface area contributed by atoms with Crippen LogP contribution in [0.2, 0.25) is 0 Å². The van der Waals surface area contributed by atoms with E-state index in [0.29, 0.717) is 5.41 Å². The summed E-state index contributed by atoms with van der Waals surface area (Å²) in [6, 6.07) is 19.7. The first-order valence-corrected chi connectivity index (χ1v) is 11.4. The molecule has 4 aliphatic carbocycles. The number of hydrogen-bond donors (Lipinski definition) is 0. The van der Waals surface area contributed by atoms with Crippen molar-refractivity contribution in [2.24, 2.45) is 40.9 Å². The second-order valence-corrected chi connectivity index (χ2v) is 10.5. The number of fused-ring (bicyclic) bond motifs is 11. The quantitative estimate of drug-likeness (QED) is 0.274. The molecule has 0 saturated heterocycles. The zero-order valence-electron chi connectivity index (χ0n) is 17.1. The standard InChI is InChI=1S/C28H28O/c1-28(15-21-14-24(28)26-20-11-10-19(13-20)25(21)26)16-29-27-22-8-4-2-6-17(22)12-18-7-3-5-9-23(18)27/h2-12,19-21,24-26H,13-16H2,1H3. The van der Waals surface area contributed by atoms with Gasteiger partial charge in [-0.1, -0.05) is 67.6 Å². The van der Waals surface area contributed by atoms with E-state index in [1.54, 1.807) is 0 Å². The number of allylic oxidation sites excluding steroid dienone is 2. The highest BCUT2D eigenvalue weighted by Gasteiger charge is 2.64. The maximum Gasteiger partial charge on any atom is 0.134 e. The molecule has 1 nitrogen and oxygen atoms in total. The zero-order valence-corrected chi connectivity index (χ0v) is 17.1. The summed E-state index contributed by atoms with van der Waals surface area (Å²) in [5, 5.41) is 5.05. The molecule has 4 bridgehead atoms. The summed E-state index contributed by atoms with van der Waals surface area (Å²) < 4.78 is 6.78. The van der Waals surface area contributed by atoms with Gasteiger partial charge in [-0.3, -0.25) is 0 Å². The highest BCUT2D eigenvalue weighted by molar-refractivity contribution is 6.05. The van der Waals surface area contributed by atoms with Crippen LogP contribution < -0.4 is 4.74 Å². The molecule has 0 aliphatic heterocycles. The van der Waals surface area contributed by atoms with Gasteiger partial charge in [0, 0.05) is 16.2 Å². The minimum atomic E-state index is 0.322. The third-order valence-electron chi connectivity index (χ3n) is 9.04. The topological polar surface area (TPSA) is 9.23 Å². The van der Waals surface area contributed by atoms with Crippen LogP contribution in [0, 0.1) is 40.9 Å². The molecule has 4 aliphatic rings. The molecule has 3 aromatic rings. The molecule has 7 atom stereocenters. The molecule has 0 radical (unpaired) electrons. The van der Waals surface area contributed by atoms with E-state index in [4.69, 9.17) is 4.74 Å². The van der Waals surface area contributed by atoms with E-state index in [-0.39, 0.29) is 0 Å². The molecule has 3 fully saturated rings. The fraction of sp³-hybridized carbons (Fsp3) is 0.429. The Morgan fingerprint density at radius 3 is 2.24 bits per heavy atom. The van der Waals surface area contributed by atoms with Gasteiger partial charge in [-0.25, -0.2) is 0 Å². The highest BCUT2D eigenvalue weighted by Crippen LogP contribution is 2.70. The number of hydrogen-bond acceptors (Lipinski definition) is 1. The van der Waals surface area contributed by atoms with Gasteiger partial charge >= 0.3 is 0 Å². The van der Waals surface area contributed by atoms with E-state index in [2.05, 4.69) is 73.7 Å². The Hall–Kier alpha value is -2.28. The summed E-state index contributed by atoms with van der Waals surface area (Å²) in [6.07, 6.45) is 9.33.